The second-order valence-electron chi connectivity index (χ2n) is 8.21. The van der Waals surface area contributed by atoms with E-state index >= 15 is 0 Å². The van der Waals surface area contributed by atoms with E-state index < -0.39 is 0 Å². The van der Waals surface area contributed by atoms with Gasteiger partial charge in [0.15, 0.2) is 0 Å². The quantitative estimate of drug-likeness (QED) is 0.368. The number of allylic oxidation sites excluding steroid dienone is 1. The molecule has 0 saturated carbocycles. The molecule has 142 valence electrons. The number of rotatable bonds is 4. The van der Waals surface area contributed by atoms with Gasteiger partial charge in [0.1, 0.15) is 5.82 Å². The smallest absolute Gasteiger partial charge is 0.123 e. The van der Waals surface area contributed by atoms with Crippen LogP contribution in [-0.2, 0) is 6.42 Å². The van der Waals surface area contributed by atoms with Gasteiger partial charge in [-0.2, -0.15) is 0 Å². The first-order valence-corrected chi connectivity index (χ1v) is 10.0. The van der Waals surface area contributed by atoms with Crippen LogP contribution >= 0.6 is 0 Å². The SMILES string of the molecule is CC(C)/C=C/c1c(C(C)C)nc2c(c1-c1ccc(F)cc1)Cc1ccccc1-2. The van der Waals surface area contributed by atoms with Gasteiger partial charge in [-0.15, -0.1) is 0 Å². The molecule has 3 aromatic rings. The zero-order chi connectivity index (χ0) is 19.8. The van der Waals surface area contributed by atoms with E-state index in [2.05, 4.69) is 64.1 Å². The number of nitrogens with zero attached hydrogens (tertiary/aromatic N) is 1. The molecule has 0 N–H and O–H groups in total. The van der Waals surface area contributed by atoms with Crippen molar-refractivity contribution in [2.75, 3.05) is 0 Å². The molecule has 1 aliphatic carbocycles. The summed E-state index contributed by atoms with van der Waals surface area (Å²) < 4.78 is 13.6. The summed E-state index contributed by atoms with van der Waals surface area (Å²) in [5.74, 6) is 0.539. The zero-order valence-corrected chi connectivity index (χ0v) is 17.0. The summed E-state index contributed by atoms with van der Waals surface area (Å²) in [6.45, 7) is 8.74. The molecule has 0 aliphatic heterocycles. The highest BCUT2D eigenvalue weighted by Crippen LogP contribution is 2.44. The Morgan fingerprint density at radius 2 is 1.68 bits per heavy atom. The van der Waals surface area contributed by atoms with Gasteiger partial charge >= 0.3 is 0 Å². The van der Waals surface area contributed by atoms with Crippen LogP contribution in [0, 0.1) is 11.7 Å². The lowest BCUT2D eigenvalue weighted by molar-refractivity contribution is 0.628. The summed E-state index contributed by atoms with van der Waals surface area (Å²) in [5.41, 5.74) is 9.39. The molecular formula is C26H26FN. The van der Waals surface area contributed by atoms with Crippen LogP contribution < -0.4 is 0 Å². The second-order valence-corrected chi connectivity index (χ2v) is 8.21. The highest BCUT2D eigenvalue weighted by molar-refractivity contribution is 5.88. The van der Waals surface area contributed by atoms with E-state index in [4.69, 9.17) is 4.98 Å². The lowest BCUT2D eigenvalue weighted by atomic mass is 9.88. The molecule has 1 nitrogen and oxygen atoms in total. The Kier molecular flexibility index (Phi) is 4.89. The van der Waals surface area contributed by atoms with Crippen LogP contribution in [0.3, 0.4) is 0 Å². The van der Waals surface area contributed by atoms with Crippen molar-refractivity contribution in [3.05, 3.63) is 82.8 Å². The third-order valence-corrected chi connectivity index (χ3v) is 5.33. The standard InChI is InChI=1S/C26H26FN/c1-16(2)9-14-22-24(18-10-12-20(27)13-11-18)23-15-19-7-5-6-8-21(19)26(23)28-25(22)17(3)4/h5-14,16-17H,15H2,1-4H3/b14-9+. The monoisotopic (exact) mass is 371 g/mol. The highest BCUT2D eigenvalue weighted by atomic mass is 19.1. The predicted molar refractivity (Wildman–Crippen MR) is 116 cm³/mol. The summed E-state index contributed by atoms with van der Waals surface area (Å²) in [4.78, 5) is 5.15. The topological polar surface area (TPSA) is 12.9 Å². The number of fused-ring (bicyclic) bond motifs is 3. The van der Waals surface area contributed by atoms with Gasteiger partial charge in [-0.05, 0) is 46.2 Å². The Hall–Kier alpha value is -2.74. The average Bonchev–Trinajstić information content (AvgIpc) is 3.04. The molecule has 4 rings (SSSR count). The number of benzene rings is 2. The number of aromatic nitrogens is 1. The maximum atomic E-state index is 13.6. The van der Waals surface area contributed by atoms with Crippen LogP contribution in [0.25, 0.3) is 28.5 Å². The molecule has 2 aromatic carbocycles. The minimum absolute atomic E-state index is 0.207. The molecule has 0 spiro atoms. The number of hydrogen-bond donors (Lipinski definition) is 0. The Morgan fingerprint density at radius 1 is 0.964 bits per heavy atom. The van der Waals surface area contributed by atoms with Gasteiger partial charge < -0.3 is 0 Å². The van der Waals surface area contributed by atoms with Gasteiger partial charge in [0.25, 0.3) is 0 Å². The van der Waals surface area contributed by atoms with Gasteiger partial charge in [0, 0.05) is 17.5 Å². The normalized spacial score (nSPS) is 12.8. The van der Waals surface area contributed by atoms with Crippen LogP contribution in [0.1, 0.15) is 56.0 Å². The molecule has 0 fully saturated rings. The van der Waals surface area contributed by atoms with Crippen molar-refractivity contribution in [1.29, 1.82) is 0 Å². The number of halogens is 1. The first-order chi connectivity index (χ1) is 13.5. The largest absolute Gasteiger partial charge is 0.252 e. The maximum Gasteiger partial charge on any atom is 0.123 e. The minimum Gasteiger partial charge on any atom is -0.252 e. The maximum absolute atomic E-state index is 13.6. The van der Waals surface area contributed by atoms with Crippen molar-refractivity contribution in [3.8, 4) is 22.4 Å². The average molecular weight is 371 g/mol. The summed E-state index contributed by atoms with van der Waals surface area (Å²) in [6, 6.07) is 15.4. The minimum atomic E-state index is -0.207. The van der Waals surface area contributed by atoms with E-state index in [1.165, 1.54) is 27.8 Å². The van der Waals surface area contributed by atoms with Crippen molar-refractivity contribution in [2.24, 2.45) is 5.92 Å². The number of pyridine rings is 1. The summed E-state index contributed by atoms with van der Waals surface area (Å²) in [7, 11) is 0. The van der Waals surface area contributed by atoms with Crippen LogP contribution in [-0.4, -0.2) is 4.98 Å². The molecular weight excluding hydrogens is 345 g/mol. The molecule has 0 atom stereocenters. The fourth-order valence-electron chi connectivity index (χ4n) is 3.99. The molecule has 1 aliphatic rings. The van der Waals surface area contributed by atoms with E-state index in [0.29, 0.717) is 11.8 Å². The van der Waals surface area contributed by atoms with Gasteiger partial charge in [0.2, 0.25) is 0 Å². The lowest BCUT2D eigenvalue weighted by Gasteiger charge is -2.19. The molecule has 2 heteroatoms. The van der Waals surface area contributed by atoms with E-state index in [-0.39, 0.29) is 5.82 Å². The van der Waals surface area contributed by atoms with Gasteiger partial charge in [0.05, 0.1) is 11.4 Å². The van der Waals surface area contributed by atoms with E-state index in [1.54, 1.807) is 12.1 Å². The van der Waals surface area contributed by atoms with E-state index in [9.17, 15) is 4.39 Å². The molecule has 28 heavy (non-hydrogen) atoms. The van der Waals surface area contributed by atoms with Crippen LogP contribution in [0.5, 0.6) is 0 Å². The fraction of sp³-hybridized carbons (Fsp3) is 0.269. The Balaban J connectivity index is 2.05. The fourth-order valence-corrected chi connectivity index (χ4v) is 3.99. The van der Waals surface area contributed by atoms with Crippen molar-refractivity contribution in [3.63, 3.8) is 0 Å². The van der Waals surface area contributed by atoms with Gasteiger partial charge in [-0.25, -0.2) is 4.39 Å². The summed E-state index contributed by atoms with van der Waals surface area (Å²) in [6.07, 6.45) is 5.31. The van der Waals surface area contributed by atoms with Crippen molar-refractivity contribution in [2.45, 2.75) is 40.0 Å². The number of hydrogen-bond acceptors (Lipinski definition) is 1. The van der Waals surface area contributed by atoms with Crippen LogP contribution in [0.2, 0.25) is 0 Å². The molecule has 0 saturated heterocycles. The lowest BCUT2D eigenvalue weighted by Crippen LogP contribution is -2.04. The van der Waals surface area contributed by atoms with Crippen molar-refractivity contribution >= 4 is 6.08 Å². The Morgan fingerprint density at radius 3 is 2.36 bits per heavy atom. The van der Waals surface area contributed by atoms with E-state index in [1.807, 2.05) is 12.1 Å². The summed E-state index contributed by atoms with van der Waals surface area (Å²) in [5, 5.41) is 0. The molecule has 1 heterocycles. The first kappa shape index (κ1) is 18.6. The predicted octanol–water partition coefficient (Wildman–Crippen LogP) is 7.25. The molecule has 0 bridgehead atoms. The zero-order valence-electron chi connectivity index (χ0n) is 17.0. The van der Waals surface area contributed by atoms with Gasteiger partial charge in [-0.1, -0.05) is 76.2 Å². The summed E-state index contributed by atoms with van der Waals surface area (Å²) >= 11 is 0. The van der Waals surface area contributed by atoms with E-state index in [0.717, 1.165) is 23.4 Å². The Bertz CT molecular complexity index is 1040. The van der Waals surface area contributed by atoms with Crippen molar-refractivity contribution < 1.29 is 4.39 Å². The van der Waals surface area contributed by atoms with Crippen LogP contribution in [0.4, 0.5) is 4.39 Å². The third-order valence-electron chi connectivity index (χ3n) is 5.33. The Labute approximate surface area is 167 Å². The molecule has 0 unspecified atom stereocenters. The van der Waals surface area contributed by atoms with Gasteiger partial charge in [-0.3, -0.25) is 4.98 Å². The molecule has 1 aromatic heterocycles. The highest BCUT2D eigenvalue weighted by Gasteiger charge is 2.27. The second kappa shape index (κ2) is 7.35. The molecule has 0 radical (unpaired) electrons. The first-order valence-electron chi connectivity index (χ1n) is 10.0. The van der Waals surface area contributed by atoms with Crippen LogP contribution in [0.15, 0.2) is 54.6 Å². The molecule has 0 amide bonds. The third kappa shape index (κ3) is 3.28. The van der Waals surface area contributed by atoms with Crippen molar-refractivity contribution in [1.82, 2.24) is 4.98 Å².